The number of aromatic nitrogens is 2. The van der Waals surface area contributed by atoms with Gasteiger partial charge in [0.1, 0.15) is 0 Å². The van der Waals surface area contributed by atoms with Gasteiger partial charge in [0, 0.05) is 5.41 Å². The molecule has 4 rings (SSSR count). The highest BCUT2D eigenvalue weighted by Gasteiger charge is 2.42. The molecule has 0 saturated heterocycles. The Bertz CT molecular complexity index is 967. The van der Waals surface area contributed by atoms with Crippen molar-refractivity contribution in [1.29, 1.82) is 0 Å². The van der Waals surface area contributed by atoms with Crippen molar-refractivity contribution in [1.82, 2.24) is 9.97 Å². The van der Waals surface area contributed by atoms with Crippen LogP contribution in [0.4, 0.5) is 0 Å². The fraction of sp³-hybridized carbons (Fsp3) is 0.567. The van der Waals surface area contributed by atoms with E-state index in [1.165, 1.54) is 107 Å². The number of imidazole rings is 1. The average Bonchev–Trinajstić information content (AvgIpc) is 3.38. The predicted octanol–water partition coefficient (Wildman–Crippen LogP) is 9.33. The zero-order chi connectivity index (χ0) is 22.2. The zero-order valence-corrected chi connectivity index (χ0v) is 20.4. The molecule has 0 bridgehead atoms. The topological polar surface area (TPSA) is 28.7 Å². The van der Waals surface area contributed by atoms with E-state index in [4.69, 9.17) is 0 Å². The molecule has 1 aliphatic rings. The van der Waals surface area contributed by atoms with Gasteiger partial charge in [-0.3, -0.25) is 0 Å². The molecule has 1 N–H and O–H groups in total. The summed E-state index contributed by atoms with van der Waals surface area (Å²) in [6.07, 6.45) is 20.7. The van der Waals surface area contributed by atoms with Gasteiger partial charge in [0.2, 0.25) is 0 Å². The number of hydrogen-bond donors (Lipinski definition) is 1. The molecule has 0 spiro atoms. The van der Waals surface area contributed by atoms with Crippen LogP contribution in [-0.2, 0) is 5.41 Å². The fourth-order valence-corrected chi connectivity index (χ4v) is 5.96. The molecule has 3 aromatic rings. The van der Waals surface area contributed by atoms with Gasteiger partial charge in [-0.2, -0.15) is 0 Å². The Morgan fingerprint density at radius 2 is 1.31 bits per heavy atom. The van der Waals surface area contributed by atoms with Crippen LogP contribution in [0.2, 0.25) is 0 Å². The lowest BCUT2D eigenvalue weighted by molar-refractivity contribution is 0.398. The Morgan fingerprint density at radius 1 is 0.688 bits per heavy atom. The Kier molecular flexibility index (Phi) is 8.05. The normalized spacial score (nSPS) is 14.1. The maximum atomic E-state index is 4.57. The fourth-order valence-electron chi connectivity index (χ4n) is 5.96. The number of nitrogens with zero attached hydrogens (tertiary/aromatic N) is 1. The first-order valence-electron chi connectivity index (χ1n) is 13.4. The summed E-state index contributed by atoms with van der Waals surface area (Å²) in [5.74, 6) is 0. The van der Waals surface area contributed by atoms with Gasteiger partial charge >= 0.3 is 0 Å². The number of benzene rings is 2. The van der Waals surface area contributed by atoms with Crippen LogP contribution in [0.3, 0.4) is 0 Å². The maximum absolute atomic E-state index is 4.57. The van der Waals surface area contributed by atoms with Gasteiger partial charge in [-0.05, 0) is 47.2 Å². The van der Waals surface area contributed by atoms with Crippen molar-refractivity contribution in [3.63, 3.8) is 0 Å². The number of aromatic amines is 1. The number of fused-ring (bicyclic) bond motifs is 4. The van der Waals surface area contributed by atoms with E-state index < -0.39 is 0 Å². The van der Waals surface area contributed by atoms with E-state index in [1.807, 2.05) is 6.33 Å². The van der Waals surface area contributed by atoms with E-state index in [0.29, 0.717) is 0 Å². The van der Waals surface area contributed by atoms with Crippen molar-refractivity contribution in [3.05, 3.63) is 53.9 Å². The molecule has 1 aliphatic carbocycles. The number of hydrogen-bond acceptors (Lipinski definition) is 1. The van der Waals surface area contributed by atoms with Crippen molar-refractivity contribution >= 4 is 11.0 Å². The molecule has 0 fully saturated rings. The second kappa shape index (κ2) is 11.2. The van der Waals surface area contributed by atoms with E-state index >= 15 is 0 Å². The van der Waals surface area contributed by atoms with Crippen LogP contribution in [0.5, 0.6) is 0 Å². The second-order valence-electron chi connectivity index (χ2n) is 9.98. The maximum Gasteiger partial charge on any atom is 0.0931 e. The summed E-state index contributed by atoms with van der Waals surface area (Å²) in [6, 6.07) is 14.0. The lowest BCUT2D eigenvalue weighted by Gasteiger charge is -2.33. The molecule has 2 heteroatoms. The molecule has 0 unspecified atom stereocenters. The minimum absolute atomic E-state index is 0.167. The minimum atomic E-state index is 0.167. The highest BCUT2D eigenvalue weighted by molar-refractivity contribution is 5.90. The lowest BCUT2D eigenvalue weighted by atomic mass is 9.70. The summed E-state index contributed by atoms with van der Waals surface area (Å²) in [5, 5.41) is 0. The van der Waals surface area contributed by atoms with Crippen LogP contribution in [0, 0.1) is 0 Å². The summed E-state index contributed by atoms with van der Waals surface area (Å²) in [4.78, 5) is 7.95. The van der Waals surface area contributed by atoms with E-state index in [9.17, 15) is 0 Å². The predicted molar refractivity (Wildman–Crippen MR) is 138 cm³/mol. The smallest absolute Gasteiger partial charge is 0.0931 e. The lowest BCUT2D eigenvalue weighted by Crippen LogP contribution is -2.25. The number of nitrogens with one attached hydrogen (secondary N) is 1. The molecule has 32 heavy (non-hydrogen) atoms. The Labute approximate surface area is 195 Å². The molecule has 0 radical (unpaired) electrons. The summed E-state index contributed by atoms with van der Waals surface area (Å²) in [5.41, 5.74) is 8.45. The van der Waals surface area contributed by atoms with Gasteiger partial charge in [0.25, 0.3) is 0 Å². The Balaban J connectivity index is 1.61. The van der Waals surface area contributed by atoms with Crippen LogP contribution in [0.15, 0.2) is 42.7 Å². The summed E-state index contributed by atoms with van der Waals surface area (Å²) in [7, 11) is 0. The van der Waals surface area contributed by atoms with Crippen LogP contribution in [0.1, 0.15) is 115 Å². The van der Waals surface area contributed by atoms with E-state index in [0.717, 1.165) is 5.52 Å². The molecule has 0 atom stereocenters. The monoisotopic (exact) mass is 430 g/mol. The van der Waals surface area contributed by atoms with Crippen LogP contribution in [0.25, 0.3) is 22.2 Å². The van der Waals surface area contributed by atoms with Crippen molar-refractivity contribution < 1.29 is 0 Å². The standard InChI is InChI=1S/C30H42N2/c1-3-5-7-9-11-15-19-30(20-16-12-10-8-6-4-2)26-18-14-13-17-24(26)25-21-28-29(22-27(25)30)32-23-31-28/h13-14,17-18,21-23H,3-12,15-16,19-20H2,1-2H3,(H,31,32). The van der Waals surface area contributed by atoms with Gasteiger partial charge in [-0.15, -0.1) is 0 Å². The molecule has 2 aromatic carbocycles. The highest BCUT2D eigenvalue weighted by atomic mass is 14.9. The molecular weight excluding hydrogens is 388 g/mol. The molecule has 172 valence electrons. The van der Waals surface area contributed by atoms with Crippen molar-refractivity contribution in [2.45, 2.75) is 109 Å². The van der Waals surface area contributed by atoms with Crippen LogP contribution >= 0.6 is 0 Å². The van der Waals surface area contributed by atoms with E-state index in [2.05, 4.69) is 60.2 Å². The molecule has 0 amide bonds. The molecule has 1 aromatic heterocycles. The van der Waals surface area contributed by atoms with E-state index in [-0.39, 0.29) is 5.41 Å². The first-order chi connectivity index (χ1) is 15.8. The van der Waals surface area contributed by atoms with Gasteiger partial charge in [0.15, 0.2) is 0 Å². The summed E-state index contributed by atoms with van der Waals surface area (Å²) in [6.45, 7) is 4.61. The Hall–Kier alpha value is -2.09. The summed E-state index contributed by atoms with van der Waals surface area (Å²) >= 11 is 0. The highest BCUT2D eigenvalue weighted by Crippen LogP contribution is 2.54. The number of rotatable bonds is 14. The van der Waals surface area contributed by atoms with Crippen molar-refractivity contribution in [2.24, 2.45) is 0 Å². The Morgan fingerprint density at radius 3 is 2.00 bits per heavy atom. The quantitative estimate of drug-likeness (QED) is 0.253. The third kappa shape index (κ3) is 4.80. The zero-order valence-electron chi connectivity index (χ0n) is 20.4. The molecule has 0 saturated carbocycles. The minimum Gasteiger partial charge on any atom is -0.345 e. The van der Waals surface area contributed by atoms with E-state index in [1.54, 1.807) is 11.1 Å². The molecular formula is C30H42N2. The SMILES string of the molecule is CCCCCCCCC1(CCCCCCCC)c2ccccc2-c2cc3nc[nH]c3cc21. The first-order valence-corrected chi connectivity index (χ1v) is 13.4. The molecule has 2 nitrogen and oxygen atoms in total. The third-order valence-electron chi connectivity index (χ3n) is 7.72. The van der Waals surface area contributed by atoms with Crippen LogP contribution in [-0.4, -0.2) is 9.97 Å². The van der Waals surface area contributed by atoms with Gasteiger partial charge < -0.3 is 4.98 Å². The van der Waals surface area contributed by atoms with Gasteiger partial charge in [0.05, 0.1) is 17.4 Å². The second-order valence-corrected chi connectivity index (χ2v) is 9.98. The van der Waals surface area contributed by atoms with Gasteiger partial charge in [-0.25, -0.2) is 4.98 Å². The largest absolute Gasteiger partial charge is 0.345 e. The number of unbranched alkanes of at least 4 members (excludes halogenated alkanes) is 10. The van der Waals surface area contributed by atoms with Crippen molar-refractivity contribution in [3.8, 4) is 11.1 Å². The van der Waals surface area contributed by atoms with Crippen LogP contribution < -0.4 is 0 Å². The molecule has 1 heterocycles. The molecule has 0 aliphatic heterocycles. The summed E-state index contributed by atoms with van der Waals surface area (Å²) < 4.78 is 0. The third-order valence-corrected chi connectivity index (χ3v) is 7.72. The first kappa shape index (κ1) is 23.1. The van der Waals surface area contributed by atoms with Crippen molar-refractivity contribution in [2.75, 3.05) is 0 Å². The average molecular weight is 431 g/mol. The number of H-pyrrole nitrogens is 1. The van der Waals surface area contributed by atoms with Gasteiger partial charge in [-0.1, -0.05) is 115 Å².